The zero-order chi connectivity index (χ0) is 20.4. The van der Waals surface area contributed by atoms with Gasteiger partial charge < -0.3 is 10.2 Å². The molecule has 1 N–H and O–H groups in total. The van der Waals surface area contributed by atoms with Crippen molar-refractivity contribution in [3.63, 3.8) is 0 Å². The van der Waals surface area contributed by atoms with Crippen molar-refractivity contribution in [3.8, 4) is 0 Å². The first-order valence-electron chi connectivity index (χ1n) is 9.85. The number of aromatic nitrogens is 2. The van der Waals surface area contributed by atoms with Crippen LogP contribution in [0.2, 0.25) is 0 Å². The summed E-state index contributed by atoms with van der Waals surface area (Å²) in [4.78, 5) is 17.0. The van der Waals surface area contributed by atoms with Crippen LogP contribution in [0.4, 0.5) is 16.2 Å². The first kappa shape index (κ1) is 19.7. The third-order valence-electron chi connectivity index (χ3n) is 5.38. The maximum Gasteiger partial charge on any atom is 0.335 e. The maximum absolute atomic E-state index is 12.7. The molecule has 0 radical (unpaired) electrons. The number of fused-ring (bicyclic) bond motifs is 1. The van der Waals surface area contributed by atoms with Crippen molar-refractivity contribution in [2.24, 2.45) is 7.05 Å². The summed E-state index contributed by atoms with van der Waals surface area (Å²) >= 11 is 0. The van der Waals surface area contributed by atoms with Crippen molar-refractivity contribution in [2.75, 3.05) is 49.5 Å². The van der Waals surface area contributed by atoms with E-state index < -0.39 is 16.1 Å². The molecule has 10 heteroatoms. The summed E-state index contributed by atoms with van der Waals surface area (Å²) in [6.45, 7) is 4.98. The SMILES string of the molecule is Cn1cc2c(n1)S(=O)(=O)N(CCCCN1CCN(c3ccccc3)CC1)C(=O)N2. The second-order valence-electron chi connectivity index (χ2n) is 7.40. The molecule has 1 fully saturated rings. The van der Waals surface area contributed by atoms with Gasteiger partial charge >= 0.3 is 6.03 Å². The third kappa shape index (κ3) is 4.08. The molecule has 0 saturated carbocycles. The van der Waals surface area contributed by atoms with E-state index >= 15 is 0 Å². The van der Waals surface area contributed by atoms with E-state index in [-0.39, 0.29) is 17.3 Å². The van der Waals surface area contributed by atoms with Crippen molar-refractivity contribution in [2.45, 2.75) is 17.9 Å². The molecule has 1 saturated heterocycles. The molecule has 0 atom stereocenters. The minimum atomic E-state index is -3.89. The van der Waals surface area contributed by atoms with Gasteiger partial charge in [0.2, 0.25) is 5.03 Å². The minimum absolute atomic E-state index is 0.0865. The molecule has 2 aromatic rings. The molecule has 0 spiro atoms. The van der Waals surface area contributed by atoms with Crippen molar-refractivity contribution in [3.05, 3.63) is 36.5 Å². The van der Waals surface area contributed by atoms with E-state index in [2.05, 4.69) is 44.5 Å². The number of nitrogens with zero attached hydrogens (tertiary/aromatic N) is 5. The molecule has 2 amide bonds. The molecule has 0 unspecified atom stereocenters. The number of carbonyl (C=O) groups is 1. The Hall–Kier alpha value is -2.59. The highest BCUT2D eigenvalue weighted by Gasteiger charge is 2.38. The lowest BCUT2D eigenvalue weighted by Gasteiger charge is -2.36. The molecule has 156 valence electrons. The first-order valence-corrected chi connectivity index (χ1v) is 11.3. The summed E-state index contributed by atoms with van der Waals surface area (Å²) in [5, 5.41) is 6.50. The van der Waals surface area contributed by atoms with E-state index in [4.69, 9.17) is 0 Å². The molecule has 1 aromatic carbocycles. The van der Waals surface area contributed by atoms with Gasteiger partial charge in [-0.25, -0.2) is 9.10 Å². The lowest BCUT2D eigenvalue weighted by Crippen LogP contribution is -2.47. The zero-order valence-electron chi connectivity index (χ0n) is 16.5. The summed E-state index contributed by atoms with van der Waals surface area (Å²) in [5.41, 5.74) is 1.49. The fourth-order valence-electron chi connectivity index (χ4n) is 3.82. The van der Waals surface area contributed by atoms with Gasteiger partial charge in [-0.2, -0.15) is 13.5 Å². The van der Waals surface area contributed by atoms with E-state index in [0.29, 0.717) is 6.42 Å². The Bertz CT molecular complexity index is 967. The van der Waals surface area contributed by atoms with Crippen LogP contribution in [-0.4, -0.2) is 72.7 Å². The standard InChI is InChI=1S/C19H26N6O3S/c1-22-15-17-18(21-22)29(27,28)25(19(26)20-17)10-6-5-9-23-11-13-24(14-12-23)16-7-3-2-4-8-16/h2-4,7-8,15H,5-6,9-14H2,1H3,(H,20,26). The van der Waals surface area contributed by atoms with Crippen LogP contribution in [0.25, 0.3) is 0 Å². The average molecular weight is 419 g/mol. The van der Waals surface area contributed by atoms with Crippen LogP contribution in [0.1, 0.15) is 12.8 Å². The van der Waals surface area contributed by atoms with Gasteiger partial charge in [0.05, 0.1) is 0 Å². The van der Waals surface area contributed by atoms with Crippen molar-refractivity contribution < 1.29 is 13.2 Å². The van der Waals surface area contributed by atoms with Gasteiger partial charge in [0.1, 0.15) is 5.69 Å². The second-order valence-corrected chi connectivity index (χ2v) is 9.18. The number of anilines is 2. The first-order chi connectivity index (χ1) is 13.9. The zero-order valence-corrected chi connectivity index (χ0v) is 17.3. The second kappa shape index (κ2) is 8.03. The maximum atomic E-state index is 12.7. The minimum Gasteiger partial charge on any atom is -0.369 e. The fraction of sp³-hybridized carbons (Fsp3) is 0.474. The van der Waals surface area contributed by atoms with Crippen LogP contribution >= 0.6 is 0 Å². The Labute approximate surface area is 170 Å². The largest absolute Gasteiger partial charge is 0.369 e. The molecule has 3 heterocycles. The highest BCUT2D eigenvalue weighted by molar-refractivity contribution is 7.89. The van der Waals surface area contributed by atoms with Gasteiger partial charge in [-0.3, -0.25) is 9.58 Å². The number of hydrogen-bond donors (Lipinski definition) is 1. The average Bonchev–Trinajstić information content (AvgIpc) is 3.09. The number of nitrogens with one attached hydrogen (secondary N) is 1. The highest BCUT2D eigenvalue weighted by atomic mass is 32.2. The predicted molar refractivity (Wildman–Crippen MR) is 110 cm³/mol. The fourth-order valence-corrected chi connectivity index (χ4v) is 5.27. The number of amides is 2. The Balaban J connectivity index is 1.25. The lowest BCUT2D eigenvalue weighted by atomic mass is 10.2. The lowest BCUT2D eigenvalue weighted by molar-refractivity contribution is 0.230. The number of aryl methyl sites for hydroxylation is 1. The summed E-state index contributed by atoms with van der Waals surface area (Å²) in [6.07, 6.45) is 2.95. The Morgan fingerprint density at radius 1 is 1.03 bits per heavy atom. The van der Waals surface area contributed by atoms with Gasteiger partial charge in [0, 0.05) is 51.7 Å². The van der Waals surface area contributed by atoms with Crippen LogP contribution in [0.5, 0.6) is 0 Å². The number of piperazine rings is 1. The van der Waals surface area contributed by atoms with Crippen molar-refractivity contribution in [1.29, 1.82) is 0 Å². The van der Waals surface area contributed by atoms with Gasteiger partial charge in [-0.1, -0.05) is 18.2 Å². The van der Waals surface area contributed by atoms with Crippen LogP contribution < -0.4 is 10.2 Å². The number of urea groups is 1. The topological polar surface area (TPSA) is 90.8 Å². The summed E-state index contributed by atoms with van der Waals surface area (Å²) in [7, 11) is -2.26. The van der Waals surface area contributed by atoms with E-state index in [0.717, 1.165) is 43.4 Å². The van der Waals surface area contributed by atoms with Crippen LogP contribution in [0.15, 0.2) is 41.6 Å². The quantitative estimate of drug-likeness (QED) is 0.716. The molecule has 9 nitrogen and oxygen atoms in total. The molecule has 29 heavy (non-hydrogen) atoms. The van der Waals surface area contributed by atoms with E-state index in [1.807, 2.05) is 6.07 Å². The summed E-state index contributed by atoms with van der Waals surface area (Å²) in [5.74, 6) is 0. The molecule has 4 rings (SSSR count). The molecular weight excluding hydrogens is 392 g/mol. The Kier molecular flexibility index (Phi) is 5.46. The molecule has 0 aliphatic carbocycles. The Morgan fingerprint density at radius 2 is 1.72 bits per heavy atom. The summed E-state index contributed by atoms with van der Waals surface area (Å²) < 4.78 is 27.6. The van der Waals surface area contributed by atoms with Gasteiger partial charge in [0.15, 0.2) is 0 Å². The number of sulfonamides is 1. The molecule has 0 bridgehead atoms. The number of benzene rings is 1. The smallest absolute Gasteiger partial charge is 0.335 e. The van der Waals surface area contributed by atoms with Crippen LogP contribution in [-0.2, 0) is 17.1 Å². The van der Waals surface area contributed by atoms with Gasteiger partial charge in [-0.15, -0.1) is 0 Å². The molecule has 1 aromatic heterocycles. The van der Waals surface area contributed by atoms with Gasteiger partial charge in [-0.05, 0) is 31.5 Å². The third-order valence-corrected chi connectivity index (χ3v) is 7.10. The normalized spacial score (nSPS) is 19.1. The summed E-state index contributed by atoms with van der Waals surface area (Å²) in [6, 6.07) is 9.79. The highest BCUT2D eigenvalue weighted by Crippen LogP contribution is 2.28. The number of carbonyl (C=O) groups excluding carboxylic acids is 1. The van der Waals surface area contributed by atoms with Crippen LogP contribution in [0.3, 0.4) is 0 Å². The monoisotopic (exact) mass is 418 g/mol. The Morgan fingerprint density at radius 3 is 2.45 bits per heavy atom. The van der Waals surface area contributed by atoms with E-state index in [1.54, 1.807) is 7.05 Å². The van der Waals surface area contributed by atoms with Crippen molar-refractivity contribution in [1.82, 2.24) is 19.0 Å². The predicted octanol–water partition coefficient (Wildman–Crippen LogP) is 1.56. The van der Waals surface area contributed by atoms with Gasteiger partial charge in [0.25, 0.3) is 10.0 Å². The van der Waals surface area contributed by atoms with Crippen molar-refractivity contribution >= 4 is 27.4 Å². The molecule has 2 aliphatic rings. The van der Waals surface area contributed by atoms with Crippen LogP contribution in [0, 0.1) is 0 Å². The molecular formula is C19H26N6O3S. The number of hydrogen-bond acceptors (Lipinski definition) is 6. The number of unbranched alkanes of at least 4 members (excludes halogenated alkanes) is 1. The number of para-hydroxylation sites is 1. The van der Waals surface area contributed by atoms with E-state index in [1.165, 1.54) is 16.6 Å². The molecule has 2 aliphatic heterocycles. The van der Waals surface area contributed by atoms with E-state index in [9.17, 15) is 13.2 Å². The number of rotatable bonds is 6.